The van der Waals surface area contributed by atoms with Crippen LogP contribution in [0.2, 0.25) is 0 Å². The van der Waals surface area contributed by atoms with E-state index in [4.69, 9.17) is 15.7 Å². The molecule has 0 spiro atoms. The van der Waals surface area contributed by atoms with Crippen LogP contribution < -0.4 is 5.73 Å². The molecule has 2 saturated heterocycles. The maximum Gasteiger partial charge on any atom is 0.253 e. The monoisotopic (exact) mass is 429 g/mol. The molecule has 3 N–H and O–H groups in total. The van der Waals surface area contributed by atoms with Crippen molar-refractivity contribution < 1.29 is 14.3 Å². The van der Waals surface area contributed by atoms with E-state index in [0.29, 0.717) is 37.4 Å². The highest BCUT2D eigenvalue weighted by atomic mass is 16.5. The van der Waals surface area contributed by atoms with Crippen LogP contribution in [0.5, 0.6) is 0 Å². The Labute approximate surface area is 185 Å². The first-order valence-corrected chi connectivity index (χ1v) is 10.6. The number of fused-ring (bicyclic) bond motifs is 1. The molecule has 5 rings (SSSR count). The van der Waals surface area contributed by atoms with Crippen LogP contribution in [0.25, 0.3) is 22.0 Å². The molecule has 2 fully saturated rings. The topological polar surface area (TPSA) is 115 Å². The molecular formula is C24H23N5O3. The SMILES string of the molecule is N#Cc1cc2cc(-c3ccc(C(=O)N4CCN(C(=O)C5(N)COC5)CC4)cc3)ccc2[nH]1. The Bertz CT molecular complexity index is 1230. The number of piperazine rings is 1. The number of carbonyl (C=O) groups excluding carboxylic acids is 2. The smallest absolute Gasteiger partial charge is 0.253 e. The fourth-order valence-corrected chi connectivity index (χ4v) is 4.23. The van der Waals surface area contributed by atoms with Crippen molar-refractivity contribution in [3.8, 4) is 17.2 Å². The number of rotatable bonds is 3. The van der Waals surface area contributed by atoms with Gasteiger partial charge in [0, 0.05) is 42.6 Å². The molecular weight excluding hydrogens is 406 g/mol. The Morgan fingerprint density at radius 3 is 2.25 bits per heavy atom. The molecule has 2 aliphatic heterocycles. The number of nitrogens with two attached hydrogens (primary N) is 1. The predicted molar refractivity (Wildman–Crippen MR) is 119 cm³/mol. The number of nitriles is 1. The number of hydrogen-bond acceptors (Lipinski definition) is 5. The van der Waals surface area contributed by atoms with Crippen LogP contribution in [0.1, 0.15) is 16.1 Å². The summed E-state index contributed by atoms with van der Waals surface area (Å²) in [6.07, 6.45) is 0. The van der Waals surface area contributed by atoms with Gasteiger partial charge in [-0.3, -0.25) is 9.59 Å². The molecule has 0 bridgehead atoms. The summed E-state index contributed by atoms with van der Waals surface area (Å²) >= 11 is 0. The lowest BCUT2D eigenvalue weighted by Gasteiger charge is -2.43. The van der Waals surface area contributed by atoms with E-state index in [1.54, 1.807) is 9.80 Å². The first kappa shape index (κ1) is 20.2. The maximum atomic E-state index is 12.9. The molecule has 1 aromatic heterocycles. The van der Waals surface area contributed by atoms with Crippen molar-refractivity contribution >= 4 is 22.7 Å². The van der Waals surface area contributed by atoms with Gasteiger partial charge in [-0.1, -0.05) is 18.2 Å². The maximum absolute atomic E-state index is 12.9. The van der Waals surface area contributed by atoms with E-state index < -0.39 is 5.54 Å². The number of aromatic nitrogens is 1. The number of amides is 2. The van der Waals surface area contributed by atoms with E-state index >= 15 is 0 Å². The molecule has 0 unspecified atom stereocenters. The number of carbonyl (C=O) groups is 2. The highest BCUT2D eigenvalue weighted by Crippen LogP contribution is 2.26. The number of nitrogens with zero attached hydrogens (tertiary/aromatic N) is 3. The number of nitrogens with one attached hydrogen (secondary N) is 1. The second-order valence-electron chi connectivity index (χ2n) is 8.41. The zero-order valence-electron chi connectivity index (χ0n) is 17.5. The number of hydrogen-bond donors (Lipinski definition) is 2. The van der Waals surface area contributed by atoms with Gasteiger partial charge in [0.1, 0.15) is 17.3 Å². The molecule has 2 amide bonds. The second kappa shape index (κ2) is 7.79. The third-order valence-corrected chi connectivity index (χ3v) is 6.21. The average Bonchev–Trinajstić information content (AvgIpc) is 3.24. The van der Waals surface area contributed by atoms with Gasteiger partial charge in [0.05, 0.1) is 13.2 Å². The Morgan fingerprint density at radius 2 is 1.62 bits per heavy atom. The van der Waals surface area contributed by atoms with E-state index in [1.807, 2.05) is 48.5 Å². The van der Waals surface area contributed by atoms with Crippen LogP contribution in [-0.2, 0) is 9.53 Å². The normalized spacial score (nSPS) is 17.6. The van der Waals surface area contributed by atoms with E-state index in [1.165, 1.54) is 0 Å². The summed E-state index contributed by atoms with van der Waals surface area (Å²) in [7, 11) is 0. The van der Waals surface area contributed by atoms with Crippen LogP contribution >= 0.6 is 0 Å². The second-order valence-corrected chi connectivity index (χ2v) is 8.41. The molecule has 2 aromatic carbocycles. The molecule has 3 heterocycles. The van der Waals surface area contributed by atoms with E-state index in [9.17, 15) is 9.59 Å². The molecule has 3 aromatic rings. The average molecular weight is 429 g/mol. The summed E-state index contributed by atoms with van der Waals surface area (Å²) in [5.74, 6) is -0.140. The standard InChI is InChI=1S/C24H23N5O3/c25-13-20-12-19-11-18(5-6-21(19)27-20)16-1-3-17(4-2-16)22(30)28-7-9-29(10-8-28)23(31)24(26)14-32-15-24/h1-6,11-12,27H,7-10,14-15,26H2. The zero-order valence-corrected chi connectivity index (χ0v) is 17.5. The predicted octanol–water partition coefficient (Wildman–Crippen LogP) is 1.72. The van der Waals surface area contributed by atoms with Gasteiger partial charge < -0.3 is 25.3 Å². The fourth-order valence-electron chi connectivity index (χ4n) is 4.23. The van der Waals surface area contributed by atoms with Crippen molar-refractivity contribution in [2.75, 3.05) is 39.4 Å². The van der Waals surface area contributed by atoms with Crippen molar-refractivity contribution in [1.29, 1.82) is 5.26 Å². The summed E-state index contributed by atoms with van der Waals surface area (Å²) in [5, 5.41) is 10.0. The molecule has 8 heteroatoms. The molecule has 8 nitrogen and oxygen atoms in total. The molecule has 0 saturated carbocycles. The Kier molecular flexibility index (Phi) is 4.93. The first-order chi connectivity index (χ1) is 15.5. The van der Waals surface area contributed by atoms with Gasteiger partial charge in [-0.05, 0) is 41.5 Å². The third-order valence-electron chi connectivity index (χ3n) is 6.21. The lowest BCUT2D eigenvalue weighted by Crippen LogP contribution is -2.68. The van der Waals surface area contributed by atoms with Crippen molar-refractivity contribution in [2.45, 2.75) is 5.54 Å². The number of ether oxygens (including phenoxy) is 1. The molecule has 0 radical (unpaired) electrons. The number of benzene rings is 2. The minimum Gasteiger partial charge on any atom is -0.376 e. The van der Waals surface area contributed by atoms with Crippen LogP contribution in [0.4, 0.5) is 0 Å². The van der Waals surface area contributed by atoms with Crippen molar-refractivity contribution in [3.05, 3.63) is 59.8 Å². The summed E-state index contributed by atoms with van der Waals surface area (Å²) in [4.78, 5) is 32.0. The van der Waals surface area contributed by atoms with Crippen molar-refractivity contribution in [1.82, 2.24) is 14.8 Å². The Hall–Kier alpha value is -3.67. The minimum absolute atomic E-state index is 0.0437. The van der Waals surface area contributed by atoms with Gasteiger partial charge in [-0.2, -0.15) is 5.26 Å². The highest BCUT2D eigenvalue weighted by molar-refractivity contribution is 5.95. The van der Waals surface area contributed by atoms with Crippen LogP contribution in [-0.4, -0.2) is 71.5 Å². The van der Waals surface area contributed by atoms with Crippen LogP contribution in [0, 0.1) is 11.3 Å². The summed E-state index contributed by atoms with van der Waals surface area (Å²) < 4.78 is 5.08. The molecule has 0 aliphatic carbocycles. The van der Waals surface area contributed by atoms with Gasteiger partial charge in [-0.25, -0.2) is 0 Å². The first-order valence-electron chi connectivity index (χ1n) is 10.6. The lowest BCUT2D eigenvalue weighted by atomic mass is 9.96. The minimum atomic E-state index is -0.901. The highest BCUT2D eigenvalue weighted by Gasteiger charge is 2.45. The lowest BCUT2D eigenvalue weighted by molar-refractivity contribution is -0.155. The summed E-state index contributed by atoms with van der Waals surface area (Å²) in [6.45, 7) is 2.43. The molecule has 0 atom stereocenters. The van der Waals surface area contributed by atoms with Crippen LogP contribution in [0.15, 0.2) is 48.5 Å². The van der Waals surface area contributed by atoms with Gasteiger partial charge in [0.15, 0.2) is 0 Å². The largest absolute Gasteiger partial charge is 0.376 e. The quantitative estimate of drug-likeness (QED) is 0.658. The molecule has 2 aliphatic rings. The van der Waals surface area contributed by atoms with E-state index in [-0.39, 0.29) is 25.0 Å². The Balaban J connectivity index is 1.25. The van der Waals surface area contributed by atoms with Crippen LogP contribution in [0.3, 0.4) is 0 Å². The molecule has 32 heavy (non-hydrogen) atoms. The summed E-state index contributed by atoms with van der Waals surface area (Å²) in [5.41, 5.74) is 9.22. The van der Waals surface area contributed by atoms with Gasteiger partial charge in [0.2, 0.25) is 5.91 Å². The van der Waals surface area contributed by atoms with Gasteiger partial charge in [0.25, 0.3) is 5.91 Å². The summed E-state index contributed by atoms with van der Waals surface area (Å²) in [6, 6.07) is 17.4. The third kappa shape index (κ3) is 3.51. The van der Waals surface area contributed by atoms with Crippen molar-refractivity contribution in [3.63, 3.8) is 0 Å². The van der Waals surface area contributed by atoms with Gasteiger partial charge in [-0.15, -0.1) is 0 Å². The molecule has 162 valence electrons. The fraction of sp³-hybridized carbons (Fsp3) is 0.292. The van der Waals surface area contributed by atoms with Gasteiger partial charge >= 0.3 is 0 Å². The Morgan fingerprint density at radius 1 is 0.969 bits per heavy atom. The zero-order chi connectivity index (χ0) is 22.3. The number of H-pyrrole nitrogens is 1. The van der Waals surface area contributed by atoms with E-state index in [2.05, 4.69) is 11.1 Å². The number of aromatic amines is 1. The van der Waals surface area contributed by atoms with E-state index in [0.717, 1.165) is 22.0 Å². The van der Waals surface area contributed by atoms with Crippen molar-refractivity contribution in [2.24, 2.45) is 5.73 Å².